The molecule has 22 heavy (non-hydrogen) atoms. The van der Waals surface area contributed by atoms with Gasteiger partial charge < -0.3 is 15.1 Å². The van der Waals surface area contributed by atoms with Crippen LogP contribution in [0.5, 0.6) is 0 Å². The van der Waals surface area contributed by atoms with Crippen LogP contribution in [0.2, 0.25) is 0 Å². The maximum absolute atomic E-state index is 12.5. The van der Waals surface area contributed by atoms with Gasteiger partial charge in [-0.1, -0.05) is 19.3 Å². The normalized spacial score (nSPS) is 20.0. The molecule has 4 nitrogen and oxygen atoms in total. The summed E-state index contributed by atoms with van der Waals surface area (Å²) in [5, 5.41) is 4.19. The van der Waals surface area contributed by atoms with Crippen molar-refractivity contribution >= 4 is 35.0 Å². The molecule has 0 aromatic heterocycles. The summed E-state index contributed by atoms with van der Waals surface area (Å²) >= 11 is 7.32. The van der Waals surface area contributed by atoms with E-state index in [1.807, 2.05) is 11.8 Å². The maximum Gasteiger partial charge on any atom is 0.225 e. The van der Waals surface area contributed by atoms with E-state index in [-0.39, 0.29) is 5.92 Å². The van der Waals surface area contributed by atoms with E-state index in [2.05, 4.69) is 21.4 Å². The van der Waals surface area contributed by atoms with E-state index in [0.29, 0.717) is 5.91 Å². The molecule has 1 saturated carbocycles. The number of hydrogen-bond donors (Lipinski definition) is 1. The van der Waals surface area contributed by atoms with Crippen molar-refractivity contribution in [2.24, 2.45) is 5.92 Å². The molecule has 1 heterocycles. The first kappa shape index (κ1) is 17.9. The van der Waals surface area contributed by atoms with Gasteiger partial charge in [-0.3, -0.25) is 4.79 Å². The van der Waals surface area contributed by atoms with Gasteiger partial charge in [0, 0.05) is 38.6 Å². The molecule has 0 aromatic carbocycles. The summed E-state index contributed by atoms with van der Waals surface area (Å²) in [5.41, 5.74) is 0. The number of piperazine rings is 1. The SMILES string of the molecule is CSCCCNC(=S)N1CCN(C(=O)C2CCCCC2)CC1. The summed E-state index contributed by atoms with van der Waals surface area (Å²) in [6.07, 6.45) is 9.19. The van der Waals surface area contributed by atoms with Crippen molar-refractivity contribution in [3.63, 3.8) is 0 Å². The van der Waals surface area contributed by atoms with Gasteiger partial charge in [0.05, 0.1) is 0 Å². The molecular formula is C16H29N3OS2. The Hall–Kier alpha value is -0.490. The lowest BCUT2D eigenvalue weighted by molar-refractivity contribution is -0.137. The molecule has 1 N–H and O–H groups in total. The van der Waals surface area contributed by atoms with E-state index >= 15 is 0 Å². The first-order chi connectivity index (χ1) is 10.7. The van der Waals surface area contributed by atoms with E-state index in [4.69, 9.17) is 12.2 Å². The number of carbonyl (C=O) groups excluding carboxylic acids is 1. The Morgan fingerprint density at radius 1 is 1.14 bits per heavy atom. The summed E-state index contributed by atoms with van der Waals surface area (Å²) in [7, 11) is 0. The van der Waals surface area contributed by atoms with Crippen LogP contribution in [0.3, 0.4) is 0 Å². The lowest BCUT2D eigenvalue weighted by Gasteiger charge is -2.38. The minimum absolute atomic E-state index is 0.289. The molecule has 6 heteroatoms. The number of amides is 1. The third kappa shape index (κ3) is 5.30. The second-order valence-corrected chi connectivity index (χ2v) is 7.60. The highest BCUT2D eigenvalue weighted by molar-refractivity contribution is 7.98. The Kier molecular flexibility index (Phi) is 7.80. The lowest BCUT2D eigenvalue weighted by atomic mass is 9.88. The molecule has 1 amide bonds. The molecule has 0 bridgehead atoms. The average molecular weight is 344 g/mol. The number of nitrogens with one attached hydrogen (secondary N) is 1. The van der Waals surface area contributed by atoms with Gasteiger partial charge in [0.15, 0.2) is 5.11 Å². The molecule has 0 unspecified atom stereocenters. The molecule has 2 rings (SSSR count). The smallest absolute Gasteiger partial charge is 0.225 e. The highest BCUT2D eigenvalue weighted by Crippen LogP contribution is 2.25. The van der Waals surface area contributed by atoms with Crippen molar-refractivity contribution in [3.8, 4) is 0 Å². The summed E-state index contributed by atoms with van der Waals surface area (Å²) in [5.74, 6) is 1.84. The topological polar surface area (TPSA) is 35.6 Å². The van der Waals surface area contributed by atoms with Gasteiger partial charge in [-0.05, 0) is 43.5 Å². The van der Waals surface area contributed by atoms with Crippen LogP contribution in [0.1, 0.15) is 38.5 Å². The largest absolute Gasteiger partial charge is 0.363 e. The van der Waals surface area contributed by atoms with Gasteiger partial charge in [-0.15, -0.1) is 0 Å². The number of thiocarbonyl (C=S) groups is 1. The summed E-state index contributed by atoms with van der Waals surface area (Å²) < 4.78 is 0. The third-order valence-electron chi connectivity index (χ3n) is 4.63. The molecule has 0 radical (unpaired) electrons. The van der Waals surface area contributed by atoms with E-state index in [0.717, 1.165) is 57.1 Å². The fourth-order valence-electron chi connectivity index (χ4n) is 3.26. The van der Waals surface area contributed by atoms with E-state index in [1.54, 1.807) is 0 Å². The highest BCUT2D eigenvalue weighted by atomic mass is 32.2. The fraction of sp³-hybridized carbons (Fsp3) is 0.875. The fourth-order valence-corrected chi connectivity index (χ4v) is 3.98. The number of rotatable bonds is 5. The summed E-state index contributed by atoms with van der Waals surface area (Å²) in [4.78, 5) is 16.8. The van der Waals surface area contributed by atoms with Gasteiger partial charge in [0.25, 0.3) is 0 Å². The Bertz CT molecular complexity index is 364. The minimum atomic E-state index is 0.289. The molecule has 1 aliphatic carbocycles. The van der Waals surface area contributed by atoms with Crippen molar-refractivity contribution in [3.05, 3.63) is 0 Å². The second kappa shape index (κ2) is 9.60. The monoisotopic (exact) mass is 343 g/mol. The van der Waals surface area contributed by atoms with Crippen LogP contribution in [0.15, 0.2) is 0 Å². The number of nitrogens with zero attached hydrogens (tertiary/aromatic N) is 2. The van der Waals surface area contributed by atoms with Crippen molar-refractivity contribution in [2.45, 2.75) is 38.5 Å². The summed E-state index contributed by atoms with van der Waals surface area (Å²) in [6.45, 7) is 4.32. The first-order valence-electron chi connectivity index (χ1n) is 8.53. The highest BCUT2D eigenvalue weighted by Gasteiger charge is 2.28. The maximum atomic E-state index is 12.5. The molecule has 1 aliphatic heterocycles. The molecule has 2 aliphatic rings. The molecular weight excluding hydrogens is 314 g/mol. The summed E-state index contributed by atoms with van der Waals surface area (Å²) in [6, 6.07) is 0. The molecule has 1 saturated heterocycles. The predicted octanol–water partition coefficient (Wildman–Crippen LogP) is 2.34. The predicted molar refractivity (Wildman–Crippen MR) is 98.3 cm³/mol. The lowest BCUT2D eigenvalue weighted by Crippen LogP contribution is -2.54. The van der Waals surface area contributed by atoms with Crippen LogP contribution in [0.4, 0.5) is 0 Å². The van der Waals surface area contributed by atoms with Crippen LogP contribution in [0, 0.1) is 5.92 Å². The first-order valence-corrected chi connectivity index (χ1v) is 10.3. The second-order valence-electron chi connectivity index (χ2n) is 6.23. The zero-order valence-corrected chi connectivity index (χ0v) is 15.3. The molecule has 0 atom stereocenters. The standard InChI is InChI=1S/C16H29N3OS2/c1-22-13-5-8-17-16(21)19-11-9-18(10-12-19)15(20)14-6-3-2-4-7-14/h14H,2-13H2,1H3,(H,17,21). The average Bonchev–Trinajstić information content (AvgIpc) is 2.59. The van der Waals surface area contributed by atoms with Crippen LogP contribution in [-0.2, 0) is 4.79 Å². The zero-order chi connectivity index (χ0) is 15.8. The Labute approximate surface area is 144 Å². The van der Waals surface area contributed by atoms with Gasteiger partial charge in [-0.25, -0.2) is 0 Å². The third-order valence-corrected chi connectivity index (χ3v) is 5.73. The van der Waals surface area contributed by atoms with Crippen LogP contribution < -0.4 is 5.32 Å². The van der Waals surface area contributed by atoms with E-state index < -0.39 is 0 Å². The van der Waals surface area contributed by atoms with Gasteiger partial charge >= 0.3 is 0 Å². The number of carbonyl (C=O) groups is 1. The molecule has 126 valence electrons. The Morgan fingerprint density at radius 2 is 1.77 bits per heavy atom. The number of thioether (sulfide) groups is 1. The van der Waals surface area contributed by atoms with E-state index in [1.165, 1.54) is 25.0 Å². The number of hydrogen-bond acceptors (Lipinski definition) is 3. The Morgan fingerprint density at radius 3 is 2.41 bits per heavy atom. The van der Waals surface area contributed by atoms with E-state index in [9.17, 15) is 4.79 Å². The minimum Gasteiger partial charge on any atom is -0.363 e. The van der Waals surface area contributed by atoms with Gasteiger partial charge in [0.1, 0.15) is 0 Å². The van der Waals surface area contributed by atoms with Crippen LogP contribution in [0.25, 0.3) is 0 Å². The van der Waals surface area contributed by atoms with Crippen LogP contribution >= 0.6 is 24.0 Å². The van der Waals surface area contributed by atoms with Gasteiger partial charge in [0.2, 0.25) is 5.91 Å². The van der Waals surface area contributed by atoms with Gasteiger partial charge in [-0.2, -0.15) is 11.8 Å². The molecule has 0 aromatic rings. The van der Waals surface area contributed by atoms with Crippen molar-refractivity contribution in [2.75, 3.05) is 44.7 Å². The van der Waals surface area contributed by atoms with Crippen molar-refractivity contribution < 1.29 is 4.79 Å². The molecule has 0 spiro atoms. The van der Waals surface area contributed by atoms with Crippen molar-refractivity contribution in [1.29, 1.82) is 0 Å². The Balaban J connectivity index is 1.68. The van der Waals surface area contributed by atoms with Crippen LogP contribution in [-0.4, -0.2) is 65.6 Å². The van der Waals surface area contributed by atoms with Crippen molar-refractivity contribution in [1.82, 2.24) is 15.1 Å². The molecule has 2 fully saturated rings. The zero-order valence-electron chi connectivity index (χ0n) is 13.7. The quantitative estimate of drug-likeness (QED) is 0.612.